The summed E-state index contributed by atoms with van der Waals surface area (Å²) in [6.07, 6.45) is 0.969. The van der Waals surface area contributed by atoms with Gasteiger partial charge in [0.1, 0.15) is 0 Å². The SMILES string of the molecule is Cc1ccccc1CC12c3ccccc3C(c3cccc(Br)c31)c1c(C)ccc(C)c12. The molecule has 152 valence electrons. The van der Waals surface area contributed by atoms with Gasteiger partial charge in [-0.1, -0.05) is 88.7 Å². The summed E-state index contributed by atoms with van der Waals surface area (Å²) < 4.78 is 1.23. The van der Waals surface area contributed by atoms with E-state index in [-0.39, 0.29) is 5.41 Å². The number of benzene rings is 4. The maximum atomic E-state index is 4.00. The third-order valence-corrected chi connectivity index (χ3v) is 8.28. The fourth-order valence-corrected chi connectivity index (χ4v) is 7.10. The molecule has 4 aromatic rings. The molecular formula is C30H25Br. The molecule has 2 atom stereocenters. The molecule has 0 amide bonds. The molecule has 0 saturated carbocycles. The van der Waals surface area contributed by atoms with Gasteiger partial charge in [0, 0.05) is 10.4 Å². The topological polar surface area (TPSA) is 0 Å². The minimum absolute atomic E-state index is 0.196. The van der Waals surface area contributed by atoms with Gasteiger partial charge in [0.2, 0.25) is 0 Å². The Bertz CT molecular complexity index is 1360. The third-order valence-electron chi connectivity index (χ3n) is 7.62. The summed E-state index contributed by atoms with van der Waals surface area (Å²) in [7, 11) is 0. The van der Waals surface area contributed by atoms with Crippen LogP contribution in [0.25, 0.3) is 0 Å². The van der Waals surface area contributed by atoms with E-state index in [0.717, 1.165) is 6.42 Å². The van der Waals surface area contributed by atoms with Crippen LogP contribution in [-0.2, 0) is 11.8 Å². The zero-order chi connectivity index (χ0) is 21.3. The van der Waals surface area contributed by atoms with Gasteiger partial charge in [-0.25, -0.2) is 0 Å². The lowest BCUT2D eigenvalue weighted by Gasteiger charge is -2.52. The molecule has 0 aromatic heterocycles. The molecule has 3 aliphatic rings. The number of hydrogen-bond donors (Lipinski definition) is 0. The summed E-state index contributed by atoms with van der Waals surface area (Å²) in [5, 5.41) is 0. The maximum Gasteiger partial charge on any atom is 0.0514 e. The van der Waals surface area contributed by atoms with Crippen LogP contribution in [0.3, 0.4) is 0 Å². The highest BCUT2D eigenvalue weighted by atomic mass is 79.9. The Balaban J connectivity index is 1.82. The predicted molar refractivity (Wildman–Crippen MR) is 132 cm³/mol. The lowest BCUT2D eigenvalue weighted by molar-refractivity contribution is 0.531. The number of hydrogen-bond acceptors (Lipinski definition) is 0. The van der Waals surface area contributed by atoms with Gasteiger partial charge in [0.05, 0.1) is 5.41 Å². The monoisotopic (exact) mass is 464 g/mol. The first-order valence-electron chi connectivity index (χ1n) is 11.1. The molecule has 0 heterocycles. The van der Waals surface area contributed by atoms with E-state index in [1.807, 2.05) is 0 Å². The van der Waals surface area contributed by atoms with Crippen molar-refractivity contribution in [1.82, 2.24) is 0 Å². The van der Waals surface area contributed by atoms with Crippen molar-refractivity contribution in [3.63, 3.8) is 0 Å². The fraction of sp³-hybridized carbons (Fsp3) is 0.200. The van der Waals surface area contributed by atoms with Crippen molar-refractivity contribution in [1.29, 1.82) is 0 Å². The smallest absolute Gasteiger partial charge is 0.0514 e. The zero-order valence-electron chi connectivity index (χ0n) is 18.2. The predicted octanol–water partition coefficient (Wildman–Crippen LogP) is 7.76. The van der Waals surface area contributed by atoms with Crippen LogP contribution in [0.2, 0.25) is 0 Å². The van der Waals surface area contributed by atoms with Crippen molar-refractivity contribution in [3.05, 3.63) is 139 Å². The summed E-state index contributed by atoms with van der Waals surface area (Å²) in [4.78, 5) is 0. The van der Waals surface area contributed by atoms with Crippen LogP contribution in [0.4, 0.5) is 0 Å². The van der Waals surface area contributed by atoms with Gasteiger partial charge in [-0.15, -0.1) is 0 Å². The molecule has 3 aliphatic carbocycles. The highest BCUT2D eigenvalue weighted by Gasteiger charge is 2.53. The molecule has 4 aromatic carbocycles. The Morgan fingerprint density at radius 3 is 2.23 bits per heavy atom. The largest absolute Gasteiger partial charge is 0.0620 e. The van der Waals surface area contributed by atoms with Crippen LogP contribution in [0, 0.1) is 20.8 Å². The van der Waals surface area contributed by atoms with Gasteiger partial charge in [-0.05, 0) is 88.9 Å². The van der Waals surface area contributed by atoms with Gasteiger partial charge in [0.15, 0.2) is 0 Å². The average Bonchev–Trinajstić information content (AvgIpc) is 2.78. The molecule has 0 fully saturated rings. The summed E-state index contributed by atoms with van der Waals surface area (Å²) in [5.74, 6) is 0.303. The van der Waals surface area contributed by atoms with E-state index in [2.05, 4.69) is 116 Å². The normalized spacial score (nSPS) is 20.2. The van der Waals surface area contributed by atoms with Crippen LogP contribution in [0.15, 0.2) is 83.3 Å². The molecular weight excluding hydrogens is 440 g/mol. The fourth-order valence-electron chi connectivity index (χ4n) is 6.38. The van der Waals surface area contributed by atoms with E-state index in [1.165, 1.54) is 60.1 Å². The second-order valence-electron chi connectivity index (χ2n) is 9.22. The highest BCUT2D eigenvalue weighted by Crippen LogP contribution is 2.62. The van der Waals surface area contributed by atoms with Crippen molar-refractivity contribution in [2.24, 2.45) is 0 Å². The van der Waals surface area contributed by atoms with E-state index in [9.17, 15) is 0 Å². The quantitative estimate of drug-likeness (QED) is 0.284. The molecule has 0 radical (unpaired) electrons. The number of rotatable bonds is 2. The maximum absolute atomic E-state index is 4.00. The lowest BCUT2D eigenvalue weighted by atomic mass is 9.50. The van der Waals surface area contributed by atoms with Crippen LogP contribution in [0.1, 0.15) is 61.6 Å². The Labute approximate surface area is 193 Å². The molecule has 0 spiro atoms. The molecule has 2 unspecified atom stereocenters. The molecule has 7 rings (SSSR count). The van der Waals surface area contributed by atoms with E-state index in [0.29, 0.717) is 5.92 Å². The first kappa shape index (κ1) is 19.1. The average molecular weight is 465 g/mol. The van der Waals surface area contributed by atoms with E-state index >= 15 is 0 Å². The number of aryl methyl sites for hydroxylation is 3. The molecule has 31 heavy (non-hydrogen) atoms. The standard InChI is InChI=1S/C30H25Br/c1-18-9-4-5-10-21(18)17-30-24-13-7-6-11-22(24)27(23-12-8-14-25(31)29(23)30)26-19(2)15-16-20(3)28(26)30/h4-16,27H,17H2,1-3H3. The van der Waals surface area contributed by atoms with Crippen LogP contribution >= 0.6 is 15.9 Å². The summed E-state index contributed by atoms with van der Waals surface area (Å²) in [6.45, 7) is 6.84. The Kier molecular flexibility index (Phi) is 4.11. The van der Waals surface area contributed by atoms with Crippen LogP contribution in [-0.4, -0.2) is 0 Å². The Morgan fingerprint density at radius 1 is 0.677 bits per heavy atom. The van der Waals surface area contributed by atoms with Crippen LogP contribution < -0.4 is 0 Å². The second-order valence-corrected chi connectivity index (χ2v) is 10.1. The first-order chi connectivity index (χ1) is 15.0. The van der Waals surface area contributed by atoms with Crippen molar-refractivity contribution in [2.45, 2.75) is 38.5 Å². The van der Waals surface area contributed by atoms with Crippen LogP contribution in [0.5, 0.6) is 0 Å². The second kappa shape index (κ2) is 6.68. The molecule has 0 saturated heterocycles. The van der Waals surface area contributed by atoms with Gasteiger partial charge < -0.3 is 0 Å². The first-order valence-corrected chi connectivity index (χ1v) is 11.9. The summed E-state index contributed by atoms with van der Waals surface area (Å²) in [5.41, 5.74) is 14.3. The molecule has 2 bridgehead atoms. The number of halogens is 1. The van der Waals surface area contributed by atoms with Crippen molar-refractivity contribution < 1.29 is 0 Å². The Morgan fingerprint density at radius 2 is 1.39 bits per heavy atom. The highest BCUT2D eigenvalue weighted by molar-refractivity contribution is 9.10. The summed E-state index contributed by atoms with van der Waals surface area (Å²) in [6, 6.07) is 29.5. The molecule has 1 heteroatoms. The van der Waals surface area contributed by atoms with Crippen molar-refractivity contribution >= 4 is 15.9 Å². The van der Waals surface area contributed by atoms with Crippen molar-refractivity contribution in [3.8, 4) is 0 Å². The van der Waals surface area contributed by atoms with Crippen molar-refractivity contribution in [2.75, 3.05) is 0 Å². The summed E-state index contributed by atoms with van der Waals surface area (Å²) >= 11 is 4.00. The lowest BCUT2D eigenvalue weighted by Crippen LogP contribution is -2.45. The van der Waals surface area contributed by atoms with E-state index in [1.54, 1.807) is 0 Å². The van der Waals surface area contributed by atoms with Gasteiger partial charge in [-0.3, -0.25) is 0 Å². The minimum Gasteiger partial charge on any atom is -0.0620 e. The van der Waals surface area contributed by atoms with E-state index < -0.39 is 0 Å². The third kappa shape index (κ3) is 2.41. The minimum atomic E-state index is -0.196. The van der Waals surface area contributed by atoms with Gasteiger partial charge >= 0.3 is 0 Å². The molecule has 0 aliphatic heterocycles. The van der Waals surface area contributed by atoms with Gasteiger partial charge in [0.25, 0.3) is 0 Å². The Hall–Kier alpha value is -2.64. The molecule has 0 N–H and O–H groups in total. The van der Waals surface area contributed by atoms with E-state index in [4.69, 9.17) is 0 Å². The zero-order valence-corrected chi connectivity index (χ0v) is 19.8. The molecule has 0 nitrogen and oxygen atoms in total. The van der Waals surface area contributed by atoms with Gasteiger partial charge in [-0.2, -0.15) is 0 Å².